The Balaban J connectivity index is 2.30. The smallest absolute Gasteiger partial charge is 0.138 e. The molecule has 72 valence electrons. The van der Waals surface area contributed by atoms with E-state index in [0.717, 1.165) is 12.8 Å². The summed E-state index contributed by atoms with van der Waals surface area (Å²) in [6.07, 6.45) is 2.53. The molecule has 1 fully saturated rings. The number of Topliss-reactive ketones (excluding diaryl/α,β-unsaturated/α-hetero) is 1. The zero-order valence-corrected chi connectivity index (χ0v) is 8.63. The number of carbonyl (C=O) groups is 1. The van der Waals surface area contributed by atoms with E-state index in [1.165, 1.54) is 0 Å². The van der Waals surface area contributed by atoms with E-state index in [4.69, 9.17) is 5.26 Å². The Bertz CT molecular complexity index is 238. The van der Waals surface area contributed by atoms with E-state index in [2.05, 4.69) is 6.07 Å². The van der Waals surface area contributed by atoms with E-state index in [1.807, 2.05) is 20.8 Å². The Labute approximate surface area is 79.9 Å². The number of hydrogen-bond acceptors (Lipinski definition) is 2. The Morgan fingerprint density at radius 3 is 2.38 bits per heavy atom. The van der Waals surface area contributed by atoms with Crippen LogP contribution in [0.5, 0.6) is 0 Å². The van der Waals surface area contributed by atoms with Gasteiger partial charge >= 0.3 is 0 Å². The van der Waals surface area contributed by atoms with Crippen LogP contribution in [0.3, 0.4) is 0 Å². The number of hydrogen-bond donors (Lipinski definition) is 0. The summed E-state index contributed by atoms with van der Waals surface area (Å²) in [6.45, 7) is 5.86. The average molecular weight is 179 g/mol. The van der Waals surface area contributed by atoms with Gasteiger partial charge in [0.25, 0.3) is 0 Å². The molecule has 1 aliphatic rings. The van der Waals surface area contributed by atoms with Crippen molar-refractivity contribution >= 4 is 5.78 Å². The van der Waals surface area contributed by atoms with Crippen molar-refractivity contribution in [3.63, 3.8) is 0 Å². The monoisotopic (exact) mass is 179 g/mol. The van der Waals surface area contributed by atoms with Crippen molar-refractivity contribution in [3.05, 3.63) is 0 Å². The van der Waals surface area contributed by atoms with Gasteiger partial charge in [-0.3, -0.25) is 4.79 Å². The molecule has 0 unspecified atom stereocenters. The summed E-state index contributed by atoms with van der Waals surface area (Å²) in [5, 5.41) is 8.56. The first-order chi connectivity index (χ1) is 5.93. The Morgan fingerprint density at radius 1 is 1.46 bits per heavy atom. The predicted octanol–water partition coefficient (Wildman–Crippen LogP) is 2.54. The third-order valence-electron chi connectivity index (χ3n) is 2.73. The lowest BCUT2D eigenvalue weighted by atomic mass is 9.71. The Kier molecular flexibility index (Phi) is 2.75. The molecule has 0 aliphatic heterocycles. The van der Waals surface area contributed by atoms with E-state index >= 15 is 0 Å². The maximum Gasteiger partial charge on any atom is 0.138 e. The molecule has 0 heterocycles. The molecule has 1 saturated carbocycles. The number of rotatable bonds is 2. The van der Waals surface area contributed by atoms with Gasteiger partial charge in [-0.1, -0.05) is 20.8 Å². The molecule has 0 aromatic rings. The highest BCUT2D eigenvalue weighted by atomic mass is 16.1. The third-order valence-corrected chi connectivity index (χ3v) is 2.73. The lowest BCUT2D eigenvalue weighted by molar-refractivity contribution is -0.128. The SMILES string of the molecule is CC(C)(C)C(=O)CC1CC(C#N)C1. The average Bonchev–Trinajstić information content (AvgIpc) is 1.93. The zero-order chi connectivity index (χ0) is 10.1. The first-order valence-electron chi connectivity index (χ1n) is 4.86. The highest BCUT2D eigenvalue weighted by molar-refractivity contribution is 5.83. The van der Waals surface area contributed by atoms with Crippen LogP contribution < -0.4 is 0 Å². The van der Waals surface area contributed by atoms with Crippen LogP contribution in [-0.4, -0.2) is 5.78 Å². The van der Waals surface area contributed by atoms with Crippen LogP contribution in [0.2, 0.25) is 0 Å². The first kappa shape index (κ1) is 10.2. The molecule has 0 N–H and O–H groups in total. The number of ketones is 1. The van der Waals surface area contributed by atoms with E-state index in [9.17, 15) is 4.79 Å². The summed E-state index contributed by atoms with van der Waals surface area (Å²) in [5.74, 6) is 1.03. The quantitative estimate of drug-likeness (QED) is 0.653. The van der Waals surface area contributed by atoms with Gasteiger partial charge in [-0.2, -0.15) is 5.26 Å². The molecule has 0 aromatic carbocycles. The summed E-state index contributed by atoms with van der Waals surface area (Å²) < 4.78 is 0. The van der Waals surface area contributed by atoms with Crippen molar-refractivity contribution in [1.82, 2.24) is 0 Å². The van der Waals surface area contributed by atoms with Crippen LogP contribution in [0.1, 0.15) is 40.0 Å². The van der Waals surface area contributed by atoms with Gasteiger partial charge in [0.1, 0.15) is 5.78 Å². The number of nitriles is 1. The van der Waals surface area contributed by atoms with Gasteiger partial charge < -0.3 is 0 Å². The highest BCUT2D eigenvalue weighted by Gasteiger charge is 2.33. The largest absolute Gasteiger partial charge is 0.299 e. The standard InChI is InChI=1S/C11H17NO/c1-11(2,3)10(13)6-8-4-9(5-8)7-12/h8-9H,4-6H2,1-3H3. The van der Waals surface area contributed by atoms with Crippen molar-refractivity contribution in [2.75, 3.05) is 0 Å². The minimum atomic E-state index is -0.211. The fourth-order valence-corrected chi connectivity index (χ4v) is 1.58. The van der Waals surface area contributed by atoms with Crippen LogP contribution in [0.15, 0.2) is 0 Å². The molecule has 13 heavy (non-hydrogen) atoms. The fraction of sp³-hybridized carbons (Fsp3) is 0.818. The number of nitrogens with zero attached hydrogens (tertiary/aromatic N) is 1. The Morgan fingerprint density at radius 2 is 2.00 bits per heavy atom. The van der Waals surface area contributed by atoms with E-state index in [1.54, 1.807) is 0 Å². The zero-order valence-electron chi connectivity index (χ0n) is 8.63. The van der Waals surface area contributed by atoms with Gasteiger partial charge in [-0.05, 0) is 18.8 Å². The second kappa shape index (κ2) is 3.49. The molecule has 1 aliphatic carbocycles. The van der Waals surface area contributed by atoms with Crippen molar-refractivity contribution in [1.29, 1.82) is 5.26 Å². The molecule has 0 amide bonds. The van der Waals surface area contributed by atoms with E-state index in [0.29, 0.717) is 18.1 Å². The van der Waals surface area contributed by atoms with Crippen LogP contribution in [0.4, 0.5) is 0 Å². The normalized spacial score (nSPS) is 27.5. The van der Waals surface area contributed by atoms with Crippen molar-refractivity contribution in [2.24, 2.45) is 17.3 Å². The van der Waals surface area contributed by atoms with Gasteiger partial charge in [0.2, 0.25) is 0 Å². The van der Waals surface area contributed by atoms with Gasteiger partial charge in [0.05, 0.1) is 6.07 Å². The van der Waals surface area contributed by atoms with Gasteiger partial charge in [-0.25, -0.2) is 0 Å². The minimum Gasteiger partial charge on any atom is -0.299 e. The second-order valence-corrected chi connectivity index (χ2v) is 5.04. The summed E-state index contributed by atoms with van der Waals surface area (Å²) in [6, 6.07) is 2.23. The summed E-state index contributed by atoms with van der Waals surface area (Å²) >= 11 is 0. The lowest BCUT2D eigenvalue weighted by Gasteiger charge is -2.31. The molecule has 0 radical (unpaired) electrons. The molecular formula is C11H17NO. The summed E-state index contributed by atoms with van der Waals surface area (Å²) in [4.78, 5) is 11.6. The highest BCUT2D eigenvalue weighted by Crippen LogP contribution is 2.37. The number of carbonyl (C=O) groups excluding carboxylic acids is 1. The maximum absolute atomic E-state index is 11.6. The molecule has 0 aromatic heterocycles. The van der Waals surface area contributed by atoms with Crippen molar-refractivity contribution in [2.45, 2.75) is 40.0 Å². The first-order valence-corrected chi connectivity index (χ1v) is 4.86. The third kappa shape index (κ3) is 2.55. The van der Waals surface area contributed by atoms with Crippen molar-refractivity contribution < 1.29 is 4.79 Å². The topological polar surface area (TPSA) is 40.9 Å². The molecule has 1 rings (SSSR count). The van der Waals surface area contributed by atoms with Crippen molar-refractivity contribution in [3.8, 4) is 6.07 Å². The fourth-order valence-electron chi connectivity index (χ4n) is 1.58. The maximum atomic E-state index is 11.6. The summed E-state index contributed by atoms with van der Waals surface area (Å²) in [7, 11) is 0. The molecule has 0 atom stereocenters. The minimum absolute atomic E-state index is 0.211. The molecule has 0 saturated heterocycles. The summed E-state index contributed by atoms with van der Waals surface area (Å²) in [5.41, 5.74) is -0.211. The lowest BCUT2D eigenvalue weighted by Crippen LogP contribution is -2.29. The molecule has 0 spiro atoms. The second-order valence-electron chi connectivity index (χ2n) is 5.04. The van der Waals surface area contributed by atoms with Crippen LogP contribution >= 0.6 is 0 Å². The Hall–Kier alpha value is -0.840. The van der Waals surface area contributed by atoms with Crippen LogP contribution in [0.25, 0.3) is 0 Å². The van der Waals surface area contributed by atoms with E-state index in [-0.39, 0.29) is 11.3 Å². The molecule has 2 heteroatoms. The van der Waals surface area contributed by atoms with E-state index < -0.39 is 0 Å². The van der Waals surface area contributed by atoms with Crippen LogP contribution in [0, 0.1) is 28.6 Å². The van der Waals surface area contributed by atoms with Gasteiger partial charge in [-0.15, -0.1) is 0 Å². The molecule has 0 bridgehead atoms. The van der Waals surface area contributed by atoms with Gasteiger partial charge in [0, 0.05) is 17.8 Å². The van der Waals surface area contributed by atoms with Gasteiger partial charge in [0.15, 0.2) is 0 Å². The molecular weight excluding hydrogens is 162 g/mol. The van der Waals surface area contributed by atoms with Crippen LogP contribution in [-0.2, 0) is 4.79 Å². The molecule has 2 nitrogen and oxygen atoms in total. The predicted molar refractivity (Wildman–Crippen MR) is 50.9 cm³/mol.